The second kappa shape index (κ2) is 4.98. The summed E-state index contributed by atoms with van der Waals surface area (Å²) >= 11 is 0. The molecule has 4 nitrogen and oxygen atoms in total. The van der Waals surface area contributed by atoms with Crippen molar-refractivity contribution in [2.75, 3.05) is 12.3 Å². The highest BCUT2D eigenvalue weighted by Gasteiger charge is 2.38. The average Bonchev–Trinajstić information content (AvgIpc) is 3.14. The number of rotatable bonds is 5. The number of nitrogen functional groups attached to an aromatic ring is 1. The van der Waals surface area contributed by atoms with Gasteiger partial charge in [-0.2, -0.15) is 4.31 Å². The van der Waals surface area contributed by atoms with E-state index in [0.717, 1.165) is 18.4 Å². The number of hydrogen-bond donors (Lipinski definition) is 1. The minimum atomic E-state index is -3.49. The summed E-state index contributed by atoms with van der Waals surface area (Å²) < 4.78 is 27.0. The third-order valence-electron chi connectivity index (χ3n) is 3.39. The molecule has 0 amide bonds. The molecular weight excluding hydrogens is 260 g/mol. The van der Waals surface area contributed by atoms with Crippen molar-refractivity contribution in [1.82, 2.24) is 4.31 Å². The summed E-state index contributed by atoms with van der Waals surface area (Å²) in [5.41, 5.74) is 7.88. The minimum Gasteiger partial charge on any atom is -0.398 e. The van der Waals surface area contributed by atoms with E-state index in [-0.39, 0.29) is 6.04 Å². The average molecular weight is 280 g/mol. The fourth-order valence-corrected chi connectivity index (χ4v) is 4.18. The lowest BCUT2D eigenvalue weighted by molar-refractivity contribution is 0.435. The van der Waals surface area contributed by atoms with E-state index in [0.29, 0.717) is 22.7 Å². The molecule has 0 spiro atoms. The van der Waals surface area contributed by atoms with Crippen LogP contribution in [0.4, 0.5) is 5.69 Å². The number of hydrogen-bond acceptors (Lipinski definition) is 3. The number of sulfonamides is 1. The van der Waals surface area contributed by atoms with Crippen LogP contribution in [0.15, 0.2) is 29.7 Å². The first-order valence-corrected chi connectivity index (χ1v) is 7.81. The molecule has 0 heterocycles. The maximum atomic E-state index is 12.8. The van der Waals surface area contributed by atoms with Gasteiger partial charge in [-0.1, -0.05) is 6.08 Å². The Kier molecular flexibility index (Phi) is 3.69. The van der Waals surface area contributed by atoms with Crippen molar-refractivity contribution < 1.29 is 8.42 Å². The molecule has 1 saturated carbocycles. The number of benzene rings is 1. The molecule has 0 unspecified atom stereocenters. The minimum absolute atomic E-state index is 0.115. The normalized spacial score (nSPS) is 15.7. The van der Waals surface area contributed by atoms with E-state index in [4.69, 9.17) is 5.73 Å². The Morgan fingerprint density at radius 1 is 1.42 bits per heavy atom. The lowest BCUT2D eigenvalue weighted by Crippen LogP contribution is -2.33. The fourth-order valence-electron chi connectivity index (χ4n) is 2.18. The van der Waals surface area contributed by atoms with Crippen molar-refractivity contribution in [2.24, 2.45) is 0 Å². The van der Waals surface area contributed by atoms with Crippen LogP contribution in [0, 0.1) is 13.8 Å². The number of aryl methyl sites for hydroxylation is 1. The SMILES string of the molecule is C=CCN(C1CC1)S(=O)(=O)c1cc(C)cc(N)c1C. The second-order valence-electron chi connectivity index (χ2n) is 5.07. The third kappa shape index (κ3) is 2.67. The smallest absolute Gasteiger partial charge is 0.243 e. The van der Waals surface area contributed by atoms with Gasteiger partial charge in [-0.05, 0) is 49.9 Å². The van der Waals surface area contributed by atoms with Crippen LogP contribution < -0.4 is 5.73 Å². The van der Waals surface area contributed by atoms with Crippen molar-refractivity contribution in [3.05, 3.63) is 35.9 Å². The maximum absolute atomic E-state index is 12.8. The van der Waals surface area contributed by atoms with Gasteiger partial charge in [-0.15, -0.1) is 6.58 Å². The van der Waals surface area contributed by atoms with Crippen molar-refractivity contribution in [1.29, 1.82) is 0 Å². The lowest BCUT2D eigenvalue weighted by Gasteiger charge is -2.22. The molecule has 0 saturated heterocycles. The monoisotopic (exact) mass is 280 g/mol. The number of nitrogens with zero attached hydrogens (tertiary/aromatic N) is 1. The standard InChI is InChI=1S/C14H20N2O2S/c1-4-7-16(12-5-6-12)19(17,18)14-9-10(2)8-13(15)11(14)3/h4,8-9,12H,1,5-7,15H2,2-3H3. The van der Waals surface area contributed by atoms with E-state index in [1.54, 1.807) is 25.1 Å². The maximum Gasteiger partial charge on any atom is 0.243 e. The van der Waals surface area contributed by atoms with Gasteiger partial charge in [-0.25, -0.2) is 8.42 Å². The Labute approximate surface area is 115 Å². The van der Waals surface area contributed by atoms with E-state index >= 15 is 0 Å². The molecular formula is C14H20N2O2S. The van der Waals surface area contributed by atoms with Crippen LogP contribution in [-0.2, 0) is 10.0 Å². The van der Waals surface area contributed by atoms with E-state index < -0.39 is 10.0 Å². The molecule has 0 atom stereocenters. The molecule has 2 rings (SSSR count). The zero-order chi connectivity index (χ0) is 14.2. The molecule has 0 bridgehead atoms. The Morgan fingerprint density at radius 3 is 2.58 bits per heavy atom. The van der Waals surface area contributed by atoms with Gasteiger partial charge >= 0.3 is 0 Å². The highest BCUT2D eigenvalue weighted by molar-refractivity contribution is 7.89. The summed E-state index contributed by atoms with van der Waals surface area (Å²) in [5, 5.41) is 0. The van der Waals surface area contributed by atoms with Gasteiger partial charge in [0, 0.05) is 18.3 Å². The Balaban J connectivity index is 2.51. The molecule has 1 aliphatic carbocycles. The van der Waals surface area contributed by atoms with Gasteiger partial charge in [0.15, 0.2) is 0 Å². The third-order valence-corrected chi connectivity index (χ3v) is 5.44. The predicted molar refractivity (Wildman–Crippen MR) is 77.4 cm³/mol. The van der Waals surface area contributed by atoms with Gasteiger partial charge in [0.1, 0.15) is 0 Å². The first-order valence-electron chi connectivity index (χ1n) is 6.37. The van der Waals surface area contributed by atoms with Gasteiger partial charge in [0.25, 0.3) is 0 Å². The molecule has 1 aromatic carbocycles. The first kappa shape index (κ1) is 14.1. The summed E-state index contributed by atoms with van der Waals surface area (Å²) in [6, 6.07) is 3.60. The molecule has 1 aromatic rings. The topological polar surface area (TPSA) is 63.4 Å². The molecule has 0 aliphatic heterocycles. The molecule has 5 heteroatoms. The molecule has 2 N–H and O–H groups in total. The van der Waals surface area contributed by atoms with Gasteiger partial charge in [-0.3, -0.25) is 0 Å². The van der Waals surface area contributed by atoms with Crippen molar-refractivity contribution in [3.63, 3.8) is 0 Å². The largest absolute Gasteiger partial charge is 0.398 e. The molecule has 1 fully saturated rings. The number of nitrogens with two attached hydrogens (primary N) is 1. The molecule has 0 radical (unpaired) electrons. The van der Waals surface area contributed by atoms with Gasteiger partial charge < -0.3 is 5.73 Å². The predicted octanol–water partition coefficient (Wildman–Crippen LogP) is 2.22. The van der Waals surface area contributed by atoms with E-state index in [9.17, 15) is 8.42 Å². The van der Waals surface area contributed by atoms with E-state index in [1.165, 1.54) is 4.31 Å². The molecule has 0 aromatic heterocycles. The zero-order valence-corrected chi connectivity index (χ0v) is 12.2. The van der Waals surface area contributed by atoms with Crippen LogP contribution in [-0.4, -0.2) is 25.3 Å². The van der Waals surface area contributed by atoms with Crippen LogP contribution >= 0.6 is 0 Å². The van der Waals surface area contributed by atoms with E-state index in [1.807, 2.05) is 6.92 Å². The Morgan fingerprint density at radius 2 is 2.05 bits per heavy atom. The summed E-state index contributed by atoms with van der Waals surface area (Å²) in [5.74, 6) is 0. The van der Waals surface area contributed by atoms with E-state index in [2.05, 4.69) is 6.58 Å². The summed E-state index contributed by atoms with van der Waals surface area (Å²) in [6.45, 7) is 7.59. The van der Waals surface area contributed by atoms with Crippen LogP contribution in [0.2, 0.25) is 0 Å². The Hall–Kier alpha value is -1.33. The summed E-state index contributed by atoms with van der Waals surface area (Å²) in [7, 11) is -3.49. The first-order chi connectivity index (χ1) is 8.87. The molecule has 19 heavy (non-hydrogen) atoms. The number of anilines is 1. The molecule has 1 aliphatic rings. The van der Waals surface area contributed by atoms with Crippen molar-refractivity contribution in [3.8, 4) is 0 Å². The lowest BCUT2D eigenvalue weighted by atomic mass is 10.1. The quantitative estimate of drug-likeness (QED) is 0.664. The Bertz CT molecular complexity index is 604. The van der Waals surface area contributed by atoms with Crippen molar-refractivity contribution >= 4 is 15.7 Å². The highest BCUT2D eigenvalue weighted by atomic mass is 32.2. The fraction of sp³-hybridized carbons (Fsp3) is 0.429. The van der Waals surface area contributed by atoms with Crippen LogP contribution in [0.1, 0.15) is 24.0 Å². The van der Waals surface area contributed by atoms with Crippen molar-refractivity contribution in [2.45, 2.75) is 37.6 Å². The second-order valence-corrected chi connectivity index (χ2v) is 6.93. The highest BCUT2D eigenvalue weighted by Crippen LogP contribution is 2.34. The van der Waals surface area contributed by atoms with Crippen LogP contribution in [0.3, 0.4) is 0 Å². The zero-order valence-electron chi connectivity index (χ0n) is 11.4. The summed E-state index contributed by atoms with van der Waals surface area (Å²) in [6.07, 6.45) is 3.48. The van der Waals surface area contributed by atoms with Gasteiger partial charge in [0.2, 0.25) is 10.0 Å². The van der Waals surface area contributed by atoms with Crippen LogP contribution in [0.25, 0.3) is 0 Å². The molecule has 104 valence electrons. The van der Waals surface area contributed by atoms with Gasteiger partial charge in [0.05, 0.1) is 4.90 Å². The summed E-state index contributed by atoms with van der Waals surface area (Å²) in [4.78, 5) is 0.318. The van der Waals surface area contributed by atoms with Crippen LogP contribution in [0.5, 0.6) is 0 Å².